The Morgan fingerprint density at radius 2 is 1.80 bits per heavy atom. The second kappa shape index (κ2) is 9.30. The van der Waals surface area contributed by atoms with Gasteiger partial charge in [-0.05, 0) is 37.5 Å². The van der Waals surface area contributed by atoms with Crippen LogP contribution in [0.15, 0.2) is 18.2 Å². The smallest absolute Gasteiger partial charge is 0.311 e. The number of amides is 1. The predicted octanol–water partition coefficient (Wildman–Crippen LogP) is 2.63. The number of carbonyl (C=O) groups excluding carboxylic acids is 2. The van der Waals surface area contributed by atoms with Crippen LogP contribution in [0.3, 0.4) is 0 Å². The summed E-state index contributed by atoms with van der Waals surface area (Å²) in [4.78, 5) is 24.3. The molecule has 0 radical (unpaired) electrons. The van der Waals surface area contributed by atoms with E-state index in [0.717, 1.165) is 31.2 Å². The van der Waals surface area contributed by atoms with Crippen molar-refractivity contribution >= 4 is 11.9 Å². The van der Waals surface area contributed by atoms with Gasteiger partial charge >= 0.3 is 5.97 Å². The van der Waals surface area contributed by atoms with Gasteiger partial charge in [-0.15, -0.1) is 0 Å². The van der Waals surface area contributed by atoms with Gasteiger partial charge < -0.3 is 19.5 Å². The van der Waals surface area contributed by atoms with Crippen molar-refractivity contribution < 1.29 is 23.8 Å². The van der Waals surface area contributed by atoms with Crippen molar-refractivity contribution in [1.29, 1.82) is 0 Å². The molecule has 1 aromatic rings. The molecule has 138 valence electrons. The van der Waals surface area contributed by atoms with E-state index in [1.54, 1.807) is 32.2 Å². The minimum absolute atomic E-state index is 0.0708. The lowest BCUT2D eigenvalue weighted by Crippen LogP contribution is -2.42. The molecule has 1 aromatic carbocycles. The zero-order valence-corrected chi connectivity index (χ0v) is 15.2. The molecule has 1 unspecified atom stereocenters. The van der Waals surface area contributed by atoms with Crippen molar-refractivity contribution in [2.24, 2.45) is 0 Å². The molecule has 0 bridgehead atoms. The van der Waals surface area contributed by atoms with Gasteiger partial charge in [0, 0.05) is 6.04 Å². The van der Waals surface area contributed by atoms with E-state index < -0.39 is 12.1 Å². The van der Waals surface area contributed by atoms with Gasteiger partial charge in [0.2, 0.25) is 0 Å². The molecule has 2 rings (SSSR count). The lowest BCUT2D eigenvalue weighted by Gasteiger charge is -2.24. The molecule has 0 saturated heterocycles. The van der Waals surface area contributed by atoms with E-state index in [0.29, 0.717) is 11.5 Å². The molecule has 0 spiro atoms. The van der Waals surface area contributed by atoms with Gasteiger partial charge in [-0.1, -0.05) is 25.3 Å². The highest BCUT2D eigenvalue weighted by atomic mass is 16.5. The molecular formula is C19H27NO5. The normalized spacial score (nSPS) is 16.0. The van der Waals surface area contributed by atoms with Crippen LogP contribution in [0.25, 0.3) is 0 Å². The van der Waals surface area contributed by atoms with Crippen molar-refractivity contribution in [3.63, 3.8) is 0 Å². The fraction of sp³-hybridized carbons (Fsp3) is 0.579. The second-order valence-electron chi connectivity index (χ2n) is 6.34. The third-order valence-electron chi connectivity index (χ3n) is 4.43. The number of hydrogen-bond acceptors (Lipinski definition) is 5. The Labute approximate surface area is 148 Å². The average molecular weight is 349 g/mol. The maximum absolute atomic E-state index is 12.2. The highest BCUT2D eigenvalue weighted by Crippen LogP contribution is 2.27. The molecule has 1 fully saturated rings. The maximum atomic E-state index is 12.2. The Kier molecular flexibility index (Phi) is 7.10. The number of hydrogen-bond donors (Lipinski definition) is 1. The first-order chi connectivity index (χ1) is 12.0. The zero-order chi connectivity index (χ0) is 18.2. The number of rotatable bonds is 7. The van der Waals surface area contributed by atoms with Crippen LogP contribution < -0.4 is 14.8 Å². The topological polar surface area (TPSA) is 73.9 Å². The third-order valence-corrected chi connectivity index (χ3v) is 4.43. The summed E-state index contributed by atoms with van der Waals surface area (Å²) in [6.45, 7) is 1.60. The first kappa shape index (κ1) is 19.1. The van der Waals surface area contributed by atoms with Gasteiger partial charge in [0.15, 0.2) is 17.6 Å². The SMILES string of the molecule is COc1ccc(CC(=O)OC(C)C(=O)NC2CCCCC2)cc1OC. The summed E-state index contributed by atoms with van der Waals surface area (Å²) in [5.41, 5.74) is 0.738. The Morgan fingerprint density at radius 3 is 2.44 bits per heavy atom. The predicted molar refractivity (Wildman–Crippen MR) is 93.8 cm³/mol. The summed E-state index contributed by atoms with van der Waals surface area (Å²) in [6.07, 6.45) is 4.77. The molecule has 0 aromatic heterocycles. The van der Waals surface area contributed by atoms with E-state index in [-0.39, 0.29) is 18.4 Å². The third kappa shape index (κ3) is 5.66. The van der Waals surface area contributed by atoms with E-state index in [1.807, 2.05) is 0 Å². The Balaban J connectivity index is 1.85. The largest absolute Gasteiger partial charge is 0.493 e. The molecule has 1 amide bonds. The molecule has 6 heteroatoms. The number of benzene rings is 1. The lowest BCUT2D eigenvalue weighted by atomic mass is 9.95. The van der Waals surface area contributed by atoms with Gasteiger partial charge in [-0.2, -0.15) is 0 Å². The van der Waals surface area contributed by atoms with Gasteiger partial charge in [-0.3, -0.25) is 9.59 Å². The van der Waals surface area contributed by atoms with E-state index >= 15 is 0 Å². The van der Waals surface area contributed by atoms with Crippen molar-refractivity contribution in [3.8, 4) is 11.5 Å². The maximum Gasteiger partial charge on any atom is 0.311 e. The summed E-state index contributed by atoms with van der Waals surface area (Å²) >= 11 is 0. The lowest BCUT2D eigenvalue weighted by molar-refractivity contribution is -0.154. The summed E-state index contributed by atoms with van der Waals surface area (Å²) in [5.74, 6) is 0.474. The number of ether oxygens (including phenoxy) is 3. The molecule has 1 atom stereocenters. The van der Waals surface area contributed by atoms with Crippen LogP contribution in [-0.2, 0) is 20.7 Å². The quantitative estimate of drug-likeness (QED) is 0.766. The fourth-order valence-electron chi connectivity index (χ4n) is 3.02. The van der Waals surface area contributed by atoms with Gasteiger partial charge in [0.05, 0.1) is 20.6 Å². The van der Waals surface area contributed by atoms with Crippen molar-refractivity contribution in [2.75, 3.05) is 14.2 Å². The van der Waals surface area contributed by atoms with Gasteiger partial charge in [0.25, 0.3) is 5.91 Å². The molecule has 1 N–H and O–H groups in total. The molecular weight excluding hydrogens is 322 g/mol. The Morgan fingerprint density at radius 1 is 1.12 bits per heavy atom. The van der Waals surface area contributed by atoms with Crippen LogP contribution in [0.2, 0.25) is 0 Å². The Hall–Kier alpha value is -2.24. The first-order valence-corrected chi connectivity index (χ1v) is 8.74. The average Bonchev–Trinajstić information content (AvgIpc) is 2.62. The number of nitrogens with one attached hydrogen (secondary N) is 1. The van der Waals surface area contributed by atoms with E-state index in [2.05, 4.69) is 5.32 Å². The molecule has 1 saturated carbocycles. The summed E-state index contributed by atoms with van der Waals surface area (Å²) in [7, 11) is 3.09. The van der Waals surface area contributed by atoms with Crippen LogP contribution in [0.4, 0.5) is 0 Å². The molecule has 25 heavy (non-hydrogen) atoms. The van der Waals surface area contributed by atoms with E-state index in [9.17, 15) is 9.59 Å². The van der Waals surface area contributed by atoms with E-state index in [1.165, 1.54) is 13.5 Å². The minimum atomic E-state index is -0.797. The van der Waals surface area contributed by atoms with Crippen LogP contribution >= 0.6 is 0 Å². The molecule has 0 aliphatic heterocycles. The van der Waals surface area contributed by atoms with Gasteiger partial charge in [-0.25, -0.2) is 0 Å². The molecule has 1 aliphatic rings. The van der Waals surface area contributed by atoms with Crippen molar-refractivity contribution in [2.45, 2.75) is 57.6 Å². The van der Waals surface area contributed by atoms with E-state index in [4.69, 9.17) is 14.2 Å². The molecule has 0 heterocycles. The number of esters is 1. The molecule has 1 aliphatic carbocycles. The second-order valence-corrected chi connectivity index (χ2v) is 6.34. The fourth-order valence-corrected chi connectivity index (χ4v) is 3.02. The van der Waals surface area contributed by atoms with Crippen LogP contribution in [0.5, 0.6) is 11.5 Å². The molecule has 6 nitrogen and oxygen atoms in total. The van der Waals surface area contributed by atoms with Gasteiger partial charge in [0.1, 0.15) is 0 Å². The minimum Gasteiger partial charge on any atom is -0.493 e. The standard InChI is InChI=1S/C19H27NO5/c1-13(19(22)20-15-7-5-4-6-8-15)25-18(21)12-14-9-10-16(23-2)17(11-14)24-3/h9-11,13,15H,4-8,12H2,1-3H3,(H,20,22). The number of carbonyl (C=O) groups is 2. The zero-order valence-electron chi connectivity index (χ0n) is 15.2. The van der Waals surface area contributed by atoms with Crippen LogP contribution in [-0.4, -0.2) is 38.2 Å². The van der Waals surface area contributed by atoms with Crippen LogP contribution in [0.1, 0.15) is 44.6 Å². The monoisotopic (exact) mass is 349 g/mol. The van der Waals surface area contributed by atoms with Crippen molar-refractivity contribution in [3.05, 3.63) is 23.8 Å². The highest BCUT2D eigenvalue weighted by Gasteiger charge is 2.22. The highest BCUT2D eigenvalue weighted by molar-refractivity contribution is 5.84. The first-order valence-electron chi connectivity index (χ1n) is 8.74. The van der Waals surface area contributed by atoms with Crippen molar-refractivity contribution in [1.82, 2.24) is 5.32 Å². The number of methoxy groups -OCH3 is 2. The Bertz CT molecular complexity index is 595. The van der Waals surface area contributed by atoms with Crippen LogP contribution in [0, 0.1) is 0 Å². The summed E-state index contributed by atoms with van der Waals surface area (Å²) in [6, 6.07) is 5.44. The summed E-state index contributed by atoms with van der Waals surface area (Å²) in [5, 5.41) is 2.97. The summed E-state index contributed by atoms with van der Waals surface area (Å²) < 4.78 is 15.7.